The highest BCUT2D eigenvalue weighted by Gasteiger charge is 2.14. The minimum Gasteiger partial charge on any atom is -0.356 e. The van der Waals surface area contributed by atoms with Crippen LogP contribution in [0.2, 0.25) is 0 Å². The van der Waals surface area contributed by atoms with Crippen LogP contribution < -0.4 is 10.6 Å². The molecule has 7 heteroatoms. The monoisotopic (exact) mass is 513 g/mol. The van der Waals surface area contributed by atoms with Gasteiger partial charge in [-0.15, -0.1) is 35.3 Å². The summed E-state index contributed by atoms with van der Waals surface area (Å²) in [5.41, 5.74) is 4.17. The van der Waals surface area contributed by atoms with Gasteiger partial charge < -0.3 is 10.6 Å². The van der Waals surface area contributed by atoms with E-state index in [9.17, 15) is 0 Å². The van der Waals surface area contributed by atoms with Crippen molar-refractivity contribution in [2.45, 2.75) is 45.7 Å². The molecule has 0 aliphatic carbocycles. The number of hydrogen-bond acceptors (Lipinski definition) is 4. The Morgan fingerprint density at radius 2 is 2.04 bits per heavy atom. The van der Waals surface area contributed by atoms with Crippen LogP contribution in [-0.2, 0) is 19.5 Å². The number of rotatable bonds is 7. The van der Waals surface area contributed by atoms with Crippen molar-refractivity contribution in [1.82, 2.24) is 20.5 Å². The molecule has 0 saturated heterocycles. The third-order valence-electron chi connectivity index (χ3n) is 4.94. The number of hydrogen-bond donors (Lipinski definition) is 2. The zero-order chi connectivity index (χ0) is 19.1. The van der Waals surface area contributed by atoms with E-state index in [0.717, 1.165) is 50.1 Å². The summed E-state index contributed by atoms with van der Waals surface area (Å²) < 4.78 is 0. The summed E-state index contributed by atoms with van der Waals surface area (Å²) in [6, 6.07) is 8.81. The van der Waals surface area contributed by atoms with Gasteiger partial charge in [0.05, 0.1) is 12.2 Å². The molecule has 1 aromatic heterocycles. The van der Waals surface area contributed by atoms with Gasteiger partial charge >= 0.3 is 0 Å². The molecular weight excluding hydrogens is 481 g/mol. The molecule has 0 spiro atoms. The lowest BCUT2D eigenvalue weighted by Crippen LogP contribution is -2.39. The van der Waals surface area contributed by atoms with Gasteiger partial charge in [-0.05, 0) is 29.9 Å². The van der Waals surface area contributed by atoms with Crippen LogP contribution in [0, 0.1) is 0 Å². The largest absolute Gasteiger partial charge is 0.356 e. The van der Waals surface area contributed by atoms with E-state index in [4.69, 9.17) is 0 Å². The van der Waals surface area contributed by atoms with Crippen molar-refractivity contribution in [3.63, 3.8) is 0 Å². The van der Waals surface area contributed by atoms with Gasteiger partial charge in [0.2, 0.25) is 0 Å². The van der Waals surface area contributed by atoms with E-state index in [1.54, 1.807) is 11.3 Å². The fraction of sp³-hybridized carbons (Fsp3) is 0.524. The van der Waals surface area contributed by atoms with Gasteiger partial charge in [-0.1, -0.05) is 38.1 Å². The summed E-state index contributed by atoms with van der Waals surface area (Å²) in [5.74, 6) is 1.33. The second-order valence-corrected chi connectivity index (χ2v) is 8.26. The van der Waals surface area contributed by atoms with Crippen molar-refractivity contribution in [2.75, 3.05) is 26.7 Å². The average Bonchev–Trinajstić information content (AvgIpc) is 3.17. The molecule has 28 heavy (non-hydrogen) atoms. The third kappa shape index (κ3) is 6.70. The Kier molecular flexibility index (Phi) is 9.67. The van der Waals surface area contributed by atoms with Crippen LogP contribution in [0.4, 0.5) is 0 Å². The molecule has 154 valence electrons. The zero-order valence-corrected chi connectivity index (χ0v) is 20.2. The van der Waals surface area contributed by atoms with Gasteiger partial charge in [0.25, 0.3) is 0 Å². The van der Waals surface area contributed by atoms with Gasteiger partial charge in [0, 0.05) is 38.6 Å². The molecule has 1 aliphatic heterocycles. The number of fused-ring (bicyclic) bond motifs is 1. The molecule has 1 aromatic carbocycles. The van der Waals surface area contributed by atoms with Crippen LogP contribution >= 0.6 is 35.3 Å². The second-order valence-electron chi connectivity index (χ2n) is 7.32. The lowest BCUT2D eigenvalue weighted by atomic mass is 10.00. The molecule has 0 atom stereocenters. The number of nitrogens with zero attached hydrogens (tertiary/aromatic N) is 3. The molecule has 0 bridgehead atoms. The van der Waals surface area contributed by atoms with Crippen LogP contribution in [0.3, 0.4) is 0 Å². The van der Waals surface area contributed by atoms with Crippen LogP contribution in [0.1, 0.15) is 48.0 Å². The van der Waals surface area contributed by atoms with Crippen LogP contribution in [0.5, 0.6) is 0 Å². The Morgan fingerprint density at radius 1 is 1.25 bits per heavy atom. The first kappa shape index (κ1) is 23.1. The predicted octanol–water partition coefficient (Wildman–Crippen LogP) is 4.00. The minimum atomic E-state index is 0. The van der Waals surface area contributed by atoms with Gasteiger partial charge in [-0.25, -0.2) is 4.98 Å². The summed E-state index contributed by atoms with van der Waals surface area (Å²) in [4.78, 5) is 11.5. The number of aliphatic imine (C=N–C) groups is 1. The lowest BCUT2D eigenvalue weighted by molar-refractivity contribution is 0.251. The molecule has 3 rings (SSSR count). The normalized spacial score (nSPS) is 14.5. The quantitative estimate of drug-likeness (QED) is 0.255. The molecule has 0 unspecified atom stereocenters. The molecule has 0 radical (unpaired) electrons. The highest BCUT2D eigenvalue weighted by molar-refractivity contribution is 14.0. The first-order valence-corrected chi connectivity index (χ1v) is 10.7. The van der Waals surface area contributed by atoms with Crippen LogP contribution in [0.15, 0.2) is 34.6 Å². The maximum atomic E-state index is 4.66. The predicted molar refractivity (Wildman–Crippen MR) is 130 cm³/mol. The smallest absolute Gasteiger partial charge is 0.191 e. The first-order valence-electron chi connectivity index (χ1n) is 9.83. The molecular formula is C21H32IN5S. The van der Waals surface area contributed by atoms with Gasteiger partial charge in [-0.3, -0.25) is 9.89 Å². The summed E-state index contributed by atoms with van der Waals surface area (Å²) in [7, 11) is 1.82. The minimum absolute atomic E-state index is 0. The van der Waals surface area contributed by atoms with E-state index in [0.29, 0.717) is 5.92 Å². The maximum absolute atomic E-state index is 4.66. The first-order chi connectivity index (χ1) is 13.2. The molecule has 0 amide bonds. The maximum Gasteiger partial charge on any atom is 0.191 e. The van der Waals surface area contributed by atoms with Gasteiger partial charge in [-0.2, -0.15) is 0 Å². The van der Waals surface area contributed by atoms with Crippen molar-refractivity contribution >= 4 is 41.3 Å². The Balaban J connectivity index is 0.00000280. The fourth-order valence-corrected chi connectivity index (χ4v) is 4.20. The Labute approximate surface area is 190 Å². The Bertz CT molecular complexity index is 759. The van der Waals surface area contributed by atoms with Crippen molar-refractivity contribution in [2.24, 2.45) is 4.99 Å². The molecule has 0 fully saturated rings. The molecule has 5 nitrogen and oxygen atoms in total. The summed E-state index contributed by atoms with van der Waals surface area (Å²) in [6.07, 6.45) is 2.27. The van der Waals surface area contributed by atoms with E-state index in [1.165, 1.54) is 23.2 Å². The lowest BCUT2D eigenvalue weighted by Gasteiger charge is -2.28. The molecule has 2 aromatic rings. The number of halogens is 1. The van der Waals surface area contributed by atoms with E-state index in [-0.39, 0.29) is 24.0 Å². The van der Waals surface area contributed by atoms with Crippen molar-refractivity contribution in [3.8, 4) is 0 Å². The van der Waals surface area contributed by atoms with Crippen LogP contribution in [0.25, 0.3) is 0 Å². The topological polar surface area (TPSA) is 52.6 Å². The zero-order valence-electron chi connectivity index (χ0n) is 17.1. The number of aromatic nitrogens is 1. The SMILES string of the molecule is CN=C(NCCCN1CCc2ccccc2C1)NCc1nc(C(C)C)cs1.I. The second kappa shape index (κ2) is 11.7. The number of nitrogens with one attached hydrogen (secondary N) is 2. The highest BCUT2D eigenvalue weighted by atomic mass is 127. The third-order valence-corrected chi connectivity index (χ3v) is 5.81. The summed E-state index contributed by atoms with van der Waals surface area (Å²) in [5, 5.41) is 10.0. The number of guanidine groups is 1. The molecule has 2 heterocycles. The summed E-state index contributed by atoms with van der Waals surface area (Å²) in [6.45, 7) is 9.34. The van der Waals surface area contributed by atoms with E-state index < -0.39 is 0 Å². The Morgan fingerprint density at radius 3 is 2.75 bits per heavy atom. The molecule has 2 N–H and O–H groups in total. The van der Waals surface area contributed by atoms with Crippen LogP contribution in [-0.4, -0.2) is 42.5 Å². The molecule has 1 aliphatic rings. The fourth-order valence-electron chi connectivity index (χ4n) is 3.31. The van der Waals surface area contributed by atoms with E-state index in [1.807, 2.05) is 7.05 Å². The van der Waals surface area contributed by atoms with Gasteiger partial charge in [0.15, 0.2) is 5.96 Å². The van der Waals surface area contributed by atoms with Crippen molar-refractivity contribution < 1.29 is 0 Å². The van der Waals surface area contributed by atoms with E-state index >= 15 is 0 Å². The highest BCUT2D eigenvalue weighted by Crippen LogP contribution is 2.18. The number of benzene rings is 1. The average molecular weight is 513 g/mol. The van der Waals surface area contributed by atoms with Crippen molar-refractivity contribution in [1.29, 1.82) is 0 Å². The van der Waals surface area contributed by atoms with E-state index in [2.05, 4.69) is 69.0 Å². The summed E-state index contributed by atoms with van der Waals surface area (Å²) >= 11 is 1.71. The Hall–Kier alpha value is -1.19. The number of thiazole rings is 1. The standard InChI is InChI=1S/C21H31N5S.HI/c1-16(2)19-15-27-20(25-19)13-24-21(22-3)23-10-6-11-26-12-9-17-7-4-5-8-18(17)14-26;/h4-5,7-8,15-16H,6,9-14H2,1-3H3,(H2,22,23,24);1H. The van der Waals surface area contributed by atoms with Gasteiger partial charge in [0.1, 0.15) is 5.01 Å². The molecule has 0 saturated carbocycles. The van der Waals surface area contributed by atoms with Crippen molar-refractivity contribution in [3.05, 3.63) is 51.5 Å².